The molecule has 3 heterocycles. The number of fused-ring (bicyclic) bond motifs is 2. The summed E-state index contributed by atoms with van der Waals surface area (Å²) in [5.74, 6) is -1.48. The van der Waals surface area contributed by atoms with E-state index in [9.17, 15) is 9.59 Å². The molecule has 0 radical (unpaired) electrons. The summed E-state index contributed by atoms with van der Waals surface area (Å²) in [6.07, 6.45) is 5.16. The number of benzene rings is 1. The monoisotopic (exact) mass is 411 g/mol. The van der Waals surface area contributed by atoms with Gasteiger partial charge in [0.2, 0.25) is 0 Å². The van der Waals surface area contributed by atoms with E-state index in [4.69, 9.17) is 14.9 Å². The normalized spacial score (nSPS) is 15.1. The summed E-state index contributed by atoms with van der Waals surface area (Å²) in [6.45, 7) is 4.63. The molecule has 1 aromatic heterocycles. The average Bonchev–Trinajstić information content (AvgIpc) is 2.97. The Balaban J connectivity index is 0.000000275. The average molecular weight is 411 g/mol. The quantitative estimate of drug-likeness (QED) is 0.654. The van der Waals surface area contributed by atoms with Gasteiger partial charge in [0.1, 0.15) is 12.4 Å². The Labute approximate surface area is 174 Å². The first-order valence-corrected chi connectivity index (χ1v) is 9.81. The number of carbonyl (C=O) groups is 2. The van der Waals surface area contributed by atoms with Gasteiger partial charge in [0, 0.05) is 18.3 Å². The van der Waals surface area contributed by atoms with Crippen LogP contribution in [0, 0.1) is 0 Å². The molecule has 3 N–H and O–H groups in total. The first kappa shape index (κ1) is 21.3. The van der Waals surface area contributed by atoms with Crippen molar-refractivity contribution in [3.63, 3.8) is 0 Å². The minimum atomic E-state index is -1.26. The highest BCUT2D eigenvalue weighted by atomic mass is 16.5. The summed E-state index contributed by atoms with van der Waals surface area (Å²) in [4.78, 5) is 26.0. The number of carboxylic acids is 2. The van der Waals surface area contributed by atoms with Crippen molar-refractivity contribution in [2.75, 3.05) is 31.1 Å². The number of hydrogen-bond donors (Lipinski definition) is 3. The molecule has 30 heavy (non-hydrogen) atoms. The molecule has 0 saturated heterocycles. The number of carboxylic acid groups (broad SMARTS) is 2. The minimum Gasteiger partial charge on any atom is -0.490 e. The largest absolute Gasteiger partial charge is 0.490 e. The van der Waals surface area contributed by atoms with Crippen molar-refractivity contribution in [1.29, 1.82) is 0 Å². The van der Waals surface area contributed by atoms with Gasteiger partial charge in [-0.15, -0.1) is 0 Å². The van der Waals surface area contributed by atoms with Crippen molar-refractivity contribution in [2.24, 2.45) is 0 Å². The maximum Gasteiger partial charge on any atom is 0.328 e. The van der Waals surface area contributed by atoms with E-state index in [2.05, 4.69) is 33.4 Å². The van der Waals surface area contributed by atoms with Crippen molar-refractivity contribution in [3.8, 4) is 5.75 Å². The van der Waals surface area contributed by atoms with E-state index < -0.39 is 11.9 Å². The second-order valence-corrected chi connectivity index (χ2v) is 6.94. The number of ether oxygens (including phenoxy) is 1. The van der Waals surface area contributed by atoms with Gasteiger partial charge in [-0.2, -0.15) is 0 Å². The van der Waals surface area contributed by atoms with Crippen LogP contribution in [0.25, 0.3) is 0 Å². The number of aromatic nitrogens is 1. The van der Waals surface area contributed by atoms with E-state index in [-0.39, 0.29) is 0 Å². The van der Waals surface area contributed by atoms with E-state index in [0.717, 1.165) is 57.1 Å². The molecule has 0 aliphatic carbocycles. The number of pyridine rings is 1. The van der Waals surface area contributed by atoms with Crippen LogP contribution in [0.3, 0.4) is 0 Å². The third-order valence-corrected chi connectivity index (χ3v) is 4.83. The lowest BCUT2D eigenvalue weighted by molar-refractivity contribution is -0.134. The molecule has 0 saturated carbocycles. The summed E-state index contributed by atoms with van der Waals surface area (Å²) in [7, 11) is 0. The number of nitrogens with zero attached hydrogens (tertiary/aromatic N) is 2. The molecule has 158 valence electrons. The topological polar surface area (TPSA) is 112 Å². The molecule has 2 aromatic rings. The molecule has 2 aliphatic rings. The molecular formula is C22H25N3O5. The fourth-order valence-electron chi connectivity index (χ4n) is 3.43. The zero-order valence-electron chi connectivity index (χ0n) is 16.6. The Hall–Kier alpha value is -3.39. The lowest BCUT2D eigenvalue weighted by Crippen LogP contribution is -2.32. The summed E-state index contributed by atoms with van der Waals surface area (Å²) >= 11 is 0. The Morgan fingerprint density at radius 2 is 1.80 bits per heavy atom. The van der Waals surface area contributed by atoms with Crippen molar-refractivity contribution < 1.29 is 24.5 Å². The molecule has 4 rings (SSSR count). The maximum absolute atomic E-state index is 9.55. The molecule has 1 aromatic carbocycles. The van der Waals surface area contributed by atoms with Gasteiger partial charge in [0.05, 0.1) is 24.5 Å². The highest BCUT2D eigenvalue weighted by Gasteiger charge is 2.21. The van der Waals surface area contributed by atoms with Crippen molar-refractivity contribution in [1.82, 2.24) is 10.3 Å². The number of nitrogens with one attached hydrogen (secondary N) is 1. The van der Waals surface area contributed by atoms with Gasteiger partial charge in [-0.3, -0.25) is 4.98 Å². The van der Waals surface area contributed by atoms with E-state index >= 15 is 0 Å². The molecule has 2 aliphatic heterocycles. The molecule has 0 bridgehead atoms. The van der Waals surface area contributed by atoms with Crippen LogP contribution in [0.2, 0.25) is 0 Å². The summed E-state index contributed by atoms with van der Waals surface area (Å²) in [5.41, 5.74) is 5.22. The van der Waals surface area contributed by atoms with Gasteiger partial charge in [-0.1, -0.05) is 6.07 Å². The van der Waals surface area contributed by atoms with Gasteiger partial charge in [-0.25, -0.2) is 9.59 Å². The Morgan fingerprint density at radius 1 is 1.10 bits per heavy atom. The fraction of sp³-hybridized carbons (Fsp3) is 0.318. The highest BCUT2D eigenvalue weighted by molar-refractivity contribution is 5.89. The number of aliphatic carboxylic acids is 2. The van der Waals surface area contributed by atoms with E-state index in [1.807, 2.05) is 18.3 Å². The number of rotatable bonds is 4. The predicted molar refractivity (Wildman–Crippen MR) is 112 cm³/mol. The minimum absolute atomic E-state index is 0.558. The van der Waals surface area contributed by atoms with E-state index in [0.29, 0.717) is 12.2 Å². The van der Waals surface area contributed by atoms with Crippen LogP contribution in [0.5, 0.6) is 5.75 Å². The van der Waals surface area contributed by atoms with Crippen LogP contribution in [-0.2, 0) is 29.0 Å². The molecule has 0 atom stereocenters. The fourth-order valence-corrected chi connectivity index (χ4v) is 3.43. The summed E-state index contributed by atoms with van der Waals surface area (Å²) in [6, 6.07) is 10.7. The second kappa shape index (κ2) is 10.4. The van der Waals surface area contributed by atoms with Crippen LogP contribution in [-0.4, -0.2) is 53.4 Å². The SMILES string of the molecule is O=C(O)/C=C/C(=O)O.c1ccc(CN2CCOc3cc4c(cc32)CCNCC4)nc1. The molecule has 0 unspecified atom stereocenters. The maximum atomic E-state index is 9.55. The number of anilines is 1. The molecular weight excluding hydrogens is 386 g/mol. The van der Waals surface area contributed by atoms with Crippen LogP contribution in [0.15, 0.2) is 48.7 Å². The third kappa shape index (κ3) is 6.05. The standard InChI is InChI=1S/C18H21N3O.C4H4O4/c1-2-6-20-16(3-1)13-21-9-10-22-18-12-15-5-8-19-7-4-14(15)11-17(18)21;5-3(6)1-2-4(7)8/h1-3,6,11-12,19H,4-5,7-10,13H2;1-2H,(H,5,6)(H,7,8)/b;2-1+. The third-order valence-electron chi connectivity index (χ3n) is 4.83. The highest BCUT2D eigenvalue weighted by Crippen LogP contribution is 2.36. The first-order chi connectivity index (χ1) is 14.5. The summed E-state index contributed by atoms with van der Waals surface area (Å²) < 4.78 is 5.92. The van der Waals surface area contributed by atoms with Crippen molar-refractivity contribution in [2.45, 2.75) is 19.4 Å². The Bertz CT molecular complexity index is 898. The zero-order valence-corrected chi connectivity index (χ0v) is 16.6. The van der Waals surface area contributed by atoms with Gasteiger partial charge in [0.15, 0.2) is 0 Å². The zero-order chi connectivity index (χ0) is 21.3. The lowest BCUT2D eigenvalue weighted by Gasteiger charge is -2.32. The lowest BCUT2D eigenvalue weighted by atomic mass is 10.0. The van der Waals surface area contributed by atoms with E-state index in [1.54, 1.807) is 0 Å². The van der Waals surface area contributed by atoms with Crippen LogP contribution in [0.1, 0.15) is 16.8 Å². The number of hydrogen-bond acceptors (Lipinski definition) is 6. The van der Waals surface area contributed by atoms with Gasteiger partial charge in [-0.05, 0) is 61.3 Å². The second-order valence-electron chi connectivity index (χ2n) is 6.94. The van der Waals surface area contributed by atoms with Gasteiger partial charge in [0.25, 0.3) is 0 Å². The molecule has 0 spiro atoms. The van der Waals surface area contributed by atoms with Gasteiger partial charge >= 0.3 is 11.9 Å². The summed E-state index contributed by atoms with van der Waals surface area (Å²) in [5, 5.41) is 19.1. The molecule has 8 nitrogen and oxygen atoms in total. The first-order valence-electron chi connectivity index (χ1n) is 9.81. The molecule has 8 heteroatoms. The predicted octanol–water partition coefficient (Wildman–Crippen LogP) is 1.88. The van der Waals surface area contributed by atoms with Crippen LogP contribution < -0.4 is 15.0 Å². The Kier molecular flexibility index (Phi) is 7.40. The van der Waals surface area contributed by atoms with Crippen molar-refractivity contribution >= 4 is 17.6 Å². The van der Waals surface area contributed by atoms with Gasteiger partial charge < -0.3 is 25.2 Å². The van der Waals surface area contributed by atoms with E-state index in [1.165, 1.54) is 16.8 Å². The van der Waals surface area contributed by atoms with Crippen molar-refractivity contribution in [3.05, 3.63) is 65.5 Å². The molecule has 0 amide bonds. The van der Waals surface area contributed by atoms with Crippen LogP contribution >= 0.6 is 0 Å². The smallest absolute Gasteiger partial charge is 0.328 e. The Morgan fingerprint density at radius 3 is 2.43 bits per heavy atom. The molecule has 0 fully saturated rings. The van der Waals surface area contributed by atoms with Crippen LogP contribution in [0.4, 0.5) is 5.69 Å².